The van der Waals surface area contributed by atoms with Crippen LogP contribution in [0.15, 0.2) is 18.2 Å². The number of hydrogen-bond acceptors (Lipinski definition) is 5. The quantitative estimate of drug-likeness (QED) is 0.673. The molecule has 6 nitrogen and oxygen atoms in total. The van der Waals surface area contributed by atoms with Gasteiger partial charge in [0.05, 0.1) is 14.2 Å². The Morgan fingerprint density at radius 2 is 1.69 bits per heavy atom. The summed E-state index contributed by atoms with van der Waals surface area (Å²) in [7, 11) is 3.07. The molecule has 6 heteroatoms. The van der Waals surface area contributed by atoms with Gasteiger partial charge in [0.2, 0.25) is 0 Å². The maximum Gasteiger partial charge on any atom is 0.306 e. The second kappa shape index (κ2) is 10.7. The lowest BCUT2D eigenvalue weighted by Crippen LogP contribution is -2.21. The van der Waals surface area contributed by atoms with Crippen molar-refractivity contribution in [2.24, 2.45) is 5.92 Å². The highest BCUT2D eigenvalue weighted by Gasteiger charge is 2.14. The average Bonchev–Trinajstić information content (AvgIpc) is 2.66. The molecule has 0 saturated heterocycles. The largest absolute Gasteiger partial charge is 0.497 e. The molecule has 0 aliphatic heterocycles. The number of anilines is 1. The van der Waals surface area contributed by atoms with Gasteiger partial charge in [-0.15, -0.1) is 0 Å². The molecule has 0 spiro atoms. The van der Waals surface area contributed by atoms with Gasteiger partial charge in [0.1, 0.15) is 11.5 Å². The normalized spacial score (nSPS) is 14.5. The molecular weight excluding hydrogens is 334 g/mol. The summed E-state index contributed by atoms with van der Waals surface area (Å²) < 4.78 is 15.4. The summed E-state index contributed by atoms with van der Waals surface area (Å²) in [5.41, 5.74) is 0.527. The van der Waals surface area contributed by atoms with E-state index in [0.717, 1.165) is 18.8 Å². The molecule has 0 unspecified atom stereocenters. The van der Waals surface area contributed by atoms with E-state index in [1.165, 1.54) is 46.3 Å². The van der Waals surface area contributed by atoms with Gasteiger partial charge in [0.15, 0.2) is 6.61 Å². The van der Waals surface area contributed by atoms with Gasteiger partial charge in [-0.1, -0.05) is 32.1 Å². The first-order valence-electron chi connectivity index (χ1n) is 9.29. The third kappa shape index (κ3) is 6.94. The molecule has 2 rings (SSSR count). The van der Waals surface area contributed by atoms with Crippen LogP contribution in [0.25, 0.3) is 0 Å². The van der Waals surface area contributed by atoms with Crippen molar-refractivity contribution in [2.75, 3.05) is 26.1 Å². The summed E-state index contributed by atoms with van der Waals surface area (Å²) in [5, 5.41) is 2.68. The van der Waals surface area contributed by atoms with Crippen molar-refractivity contribution in [3.05, 3.63) is 18.2 Å². The second-order valence-electron chi connectivity index (χ2n) is 6.71. The first-order valence-corrected chi connectivity index (χ1v) is 9.29. The van der Waals surface area contributed by atoms with E-state index in [1.807, 2.05) is 0 Å². The molecule has 1 aliphatic rings. The Hall–Kier alpha value is -2.24. The molecule has 1 aromatic rings. The summed E-state index contributed by atoms with van der Waals surface area (Å²) >= 11 is 0. The summed E-state index contributed by atoms with van der Waals surface area (Å²) in [6.07, 6.45) is 8.80. The van der Waals surface area contributed by atoms with Crippen molar-refractivity contribution in [1.29, 1.82) is 0 Å². The predicted octanol–water partition coefficient (Wildman–Crippen LogP) is 3.94. The molecule has 1 N–H and O–H groups in total. The molecule has 1 aliphatic carbocycles. The molecule has 0 aromatic heterocycles. The Morgan fingerprint density at radius 3 is 2.31 bits per heavy atom. The van der Waals surface area contributed by atoms with Gasteiger partial charge in [-0.05, 0) is 18.8 Å². The van der Waals surface area contributed by atoms with E-state index in [9.17, 15) is 9.59 Å². The van der Waals surface area contributed by atoms with Crippen molar-refractivity contribution >= 4 is 17.6 Å². The number of carbonyl (C=O) groups is 2. The minimum Gasteiger partial charge on any atom is -0.497 e. The van der Waals surface area contributed by atoms with Crippen LogP contribution < -0.4 is 14.8 Å². The molecule has 1 amide bonds. The highest BCUT2D eigenvalue weighted by Crippen LogP contribution is 2.28. The van der Waals surface area contributed by atoms with Crippen LogP contribution in [0.4, 0.5) is 5.69 Å². The van der Waals surface area contributed by atoms with Crippen LogP contribution in [-0.4, -0.2) is 32.7 Å². The summed E-state index contributed by atoms with van der Waals surface area (Å²) in [6.45, 7) is -0.290. The molecular formula is C20H29NO5. The van der Waals surface area contributed by atoms with Crippen molar-refractivity contribution < 1.29 is 23.8 Å². The number of amides is 1. The van der Waals surface area contributed by atoms with Crippen molar-refractivity contribution in [2.45, 2.75) is 51.4 Å². The predicted molar refractivity (Wildman–Crippen MR) is 99.6 cm³/mol. The van der Waals surface area contributed by atoms with Gasteiger partial charge in [0.25, 0.3) is 5.91 Å². The maximum absolute atomic E-state index is 12.0. The number of hydrogen-bond donors (Lipinski definition) is 1. The lowest BCUT2D eigenvalue weighted by Gasteiger charge is -2.20. The van der Waals surface area contributed by atoms with Gasteiger partial charge < -0.3 is 19.5 Å². The van der Waals surface area contributed by atoms with Crippen LogP contribution in [0.2, 0.25) is 0 Å². The van der Waals surface area contributed by atoms with Gasteiger partial charge in [0, 0.05) is 30.3 Å². The zero-order chi connectivity index (χ0) is 18.8. The lowest BCUT2D eigenvalue weighted by molar-refractivity contribution is -0.147. The second-order valence-corrected chi connectivity index (χ2v) is 6.71. The van der Waals surface area contributed by atoms with Gasteiger partial charge in [-0.2, -0.15) is 0 Å². The fraction of sp³-hybridized carbons (Fsp3) is 0.600. The lowest BCUT2D eigenvalue weighted by atomic mass is 9.86. The van der Waals surface area contributed by atoms with E-state index >= 15 is 0 Å². The van der Waals surface area contributed by atoms with E-state index in [4.69, 9.17) is 14.2 Å². The fourth-order valence-corrected chi connectivity index (χ4v) is 3.31. The first-order chi connectivity index (χ1) is 12.6. The molecule has 0 radical (unpaired) electrons. The van der Waals surface area contributed by atoms with Crippen LogP contribution >= 0.6 is 0 Å². The van der Waals surface area contributed by atoms with Gasteiger partial charge in [-0.3, -0.25) is 9.59 Å². The number of nitrogens with one attached hydrogen (secondary N) is 1. The summed E-state index contributed by atoms with van der Waals surface area (Å²) in [6, 6.07) is 5.06. The van der Waals surface area contributed by atoms with E-state index in [-0.39, 0.29) is 18.5 Å². The molecule has 26 heavy (non-hydrogen) atoms. The van der Waals surface area contributed by atoms with E-state index in [0.29, 0.717) is 23.6 Å². The standard InChI is InChI=1S/C20H29NO5/c1-24-17-11-16(12-18(13-17)25-2)21-19(22)14-26-20(23)10-6-9-15-7-4-3-5-8-15/h11-13,15H,3-10,14H2,1-2H3,(H,21,22). The fourth-order valence-electron chi connectivity index (χ4n) is 3.31. The summed E-state index contributed by atoms with van der Waals surface area (Å²) in [4.78, 5) is 23.8. The Kier molecular flexibility index (Phi) is 8.25. The Bertz CT molecular complexity index is 574. The van der Waals surface area contributed by atoms with E-state index in [1.54, 1.807) is 18.2 Å². The number of methoxy groups -OCH3 is 2. The van der Waals surface area contributed by atoms with Crippen LogP contribution in [-0.2, 0) is 14.3 Å². The van der Waals surface area contributed by atoms with Gasteiger partial charge >= 0.3 is 5.97 Å². The topological polar surface area (TPSA) is 73.9 Å². The Labute approximate surface area is 155 Å². The van der Waals surface area contributed by atoms with Crippen molar-refractivity contribution in [1.82, 2.24) is 0 Å². The molecule has 0 atom stereocenters. The van der Waals surface area contributed by atoms with Crippen LogP contribution in [0.5, 0.6) is 11.5 Å². The average molecular weight is 363 g/mol. The smallest absolute Gasteiger partial charge is 0.306 e. The minimum absolute atomic E-state index is 0.290. The SMILES string of the molecule is COc1cc(NC(=O)COC(=O)CCCC2CCCCC2)cc(OC)c1. The maximum atomic E-state index is 12.0. The highest BCUT2D eigenvalue weighted by atomic mass is 16.5. The van der Waals surface area contributed by atoms with E-state index < -0.39 is 0 Å². The number of rotatable bonds is 9. The van der Waals surface area contributed by atoms with Crippen LogP contribution in [0, 0.1) is 5.92 Å². The van der Waals surface area contributed by atoms with E-state index in [2.05, 4.69) is 5.32 Å². The molecule has 1 saturated carbocycles. The van der Waals surface area contributed by atoms with Crippen LogP contribution in [0.3, 0.4) is 0 Å². The number of ether oxygens (including phenoxy) is 3. The molecule has 1 fully saturated rings. The molecule has 0 bridgehead atoms. The highest BCUT2D eigenvalue weighted by molar-refractivity contribution is 5.93. The molecule has 1 aromatic carbocycles. The zero-order valence-electron chi connectivity index (χ0n) is 15.7. The summed E-state index contributed by atoms with van der Waals surface area (Å²) in [5.74, 6) is 1.18. The number of esters is 1. The van der Waals surface area contributed by atoms with Crippen LogP contribution in [0.1, 0.15) is 51.4 Å². The number of carbonyl (C=O) groups excluding carboxylic acids is 2. The molecule has 144 valence electrons. The third-order valence-electron chi connectivity index (χ3n) is 4.72. The monoisotopic (exact) mass is 363 g/mol. The Morgan fingerprint density at radius 1 is 1.04 bits per heavy atom. The minimum atomic E-state index is -0.388. The molecule has 0 heterocycles. The zero-order valence-corrected chi connectivity index (χ0v) is 15.7. The van der Waals surface area contributed by atoms with Crippen molar-refractivity contribution in [3.8, 4) is 11.5 Å². The first kappa shape index (κ1) is 20.1. The third-order valence-corrected chi connectivity index (χ3v) is 4.72. The number of benzene rings is 1. The van der Waals surface area contributed by atoms with Gasteiger partial charge in [-0.25, -0.2) is 0 Å². The Balaban J connectivity index is 1.68. The van der Waals surface area contributed by atoms with Crippen molar-refractivity contribution in [3.63, 3.8) is 0 Å².